The van der Waals surface area contributed by atoms with E-state index in [9.17, 15) is 0 Å². The number of rotatable bonds is 3. The Hall–Kier alpha value is 0.363. The Bertz CT molecular complexity index is 33.2. The van der Waals surface area contributed by atoms with E-state index in [1.807, 2.05) is 0 Å². The van der Waals surface area contributed by atoms with Gasteiger partial charge in [0.1, 0.15) is 0 Å². The third-order valence-electron chi connectivity index (χ3n) is 0.724. The van der Waals surface area contributed by atoms with Gasteiger partial charge in [-0.25, -0.2) is 0 Å². The van der Waals surface area contributed by atoms with Gasteiger partial charge in [0, 0.05) is 19.5 Å². The van der Waals surface area contributed by atoms with Crippen LogP contribution >= 0.6 is 0 Å². The van der Waals surface area contributed by atoms with Crippen molar-refractivity contribution in [3.8, 4) is 0 Å². The van der Waals surface area contributed by atoms with Gasteiger partial charge in [-0.1, -0.05) is 26.2 Å². The molecule has 0 amide bonds. The Morgan fingerprint density at radius 3 is 2.29 bits per heavy atom. The number of unbranched alkanes of at least 4 members (excludes halogenated alkanes) is 2. The molecule has 0 aromatic carbocycles. The van der Waals surface area contributed by atoms with Crippen LogP contribution in [0.25, 0.3) is 0 Å². The van der Waals surface area contributed by atoms with Crippen LogP contribution in [0.4, 0.5) is 0 Å². The van der Waals surface area contributed by atoms with Crippen LogP contribution in [0.2, 0.25) is 0 Å². The predicted octanol–water partition coefficient (Wildman–Crippen LogP) is 2.16. The smallest absolute Gasteiger partial charge is 0 e. The van der Waals surface area contributed by atoms with Crippen molar-refractivity contribution in [1.82, 2.24) is 0 Å². The van der Waals surface area contributed by atoms with Crippen LogP contribution in [0.1, 0.15) is 26.2 Å². The molecular formula is C6H11Zn-. The van der Waals surface area contributed by atoms with Crippen molar-refractivity contribution < 1.29 is 19.5 Å². The molecule has 0 aliphatic heterocycles. The topological polar surface area (TPSA) is 0 Å². The standard InChI is InChI=1S/C6H11.Zn/c1-3-5-6-4-2;/h1,3H,4-6H2,2H3;/q-1;. The Balaban J connectivity index is 0. The maximum atomic E-state index is 5.09. The van der Waals surface area contributed by atoms with E-state index in [1.165, 1.54) is 12.8 Å². The minimum absolute atomic E-state index is 0. The van der Waals surface area contributed by atoms with Crippen molar-refractivity contribution in [2.24, 2.45) is 0 Å². The van der Waals surface area contributed by atoms with Gasteiger partial charge in [0.15, 0.2) is 0 Å². The zero-order valence-corrected chi connectivity index (χ0v) is 7.95. The molecule has 0 spiro atoms. The quantitative estimate of drug-likeness (QED) is 0.327. The van der Waals surface area contributed by atoms with Crippen LogP contribution < -0.4 is 0 Å². The molecule has 38 valence electrons. The van der Waals surface area contributed by atoms with E-state index in [4.69, 9.17) is 6.58 Å². The second-order valence-corrected chi connectivity index (χ2v) is 1.38. The maximum Gasteiger partial charge on any atom is 0 e. The largest absolute Gasteiger partial charge is 0.518 e. The third kappa shape index (κ3) is 10.7. The van der Waals surface area contributed by atoms with E-state index >= 15 is 0 Å². The molecule has 0 heterocycles. The average molecular weight is 149 g/mol. The average Bonchev–Trinajstić information content (AvgIpc) is 1.61. The van der Waals surface area contributed by atoms with Gasteiger partial charge in [-0.3, -0.25) is 6.08 Å². The molecular weight excluding hydrogens is 137 g/mol. The second kappa shape index (κ2) is 9.61. The molecule has 0 saturated heterocycles. The number of hydrogen-bond acceptors (Lipinski definition) is 0. The summed E-state index contributed by atoms with van der Waals surface area (Å²) in [7, 11) is 0. The van der Waals surface area contributed by atoms with E-state index in [0.717, 1.165) is 6.42 Å². The summed E-state index contributed by atoms with van der Waals surface area (Å²) in [6, 6.07) is 0. The van der Waals surface area contributed by atoms with Crippen molar-refractivity contribution in [3.05, 3.63) is 12.7 Å². The first-order valence-corrected chi connectivity index (χ1v) is 2.45. The molecule has 0 fully saturated rings. The first kappa shape index (κ1) is 10.4. The van der Waals surface area contributed by atoms with Crippen molar-refractivity contribution >= 4 is 0 Å². The summed E-state index contributed by atoms with van der Waals surface area (Å²) in [5.41, 5.74) is 0. The molecule has 0 N–H and O–H groups in total. The Kier molecular flexibility index (Phi) is 14.2. The fraction of sp³-hybridized carbons (Fsp3) is 0.667. The summed E-state index contributed by atoms with van der Waals surface area (Å²) in [4.78, 5) is 0. The minimum atomic E-state index is 0. The van der Waals surface area contributed by atoms with E-state index < -0.39 is 0 Å². The minimum Gasteiger partial charge on any atom is -0.518 e. The van der Waals surface area contributed by atoms with E-state index in [1.54, 1.807) is 6.08 Å². The second-order valence-electron chi connectivity index (χ2n) is 1.38. The van der Waals surface area contributed by atoms with E-state index in [-0.39, 0.29) is 19.5 Å². The maximum absolute atomic E-state index is 5.09. The normalized spacial score (nSPS) is 7.00. The predicted molar refractivity (Wildman–Crippen MR) is 28.4 cm³/mol. The van der Waals surface area contributed by atoms with Crippen molar-refractivity contribution in [1.29, 1.82) is 0 Å². The molecule has 0 unspecified atom stereocenters. The van der Waals surface area contributed by atoms with Crippen LogP contribution in [-0.2, 0) is 19.5 Å². The van der Waals surface area contributed by atoms with Crippen molar-refractivity contribution in [2.75, 3.05) is 0 Å². The first-order valence-electron chi connectivity index (χ1n) is 2.45. The number of allylic oxidation sites excluding steroid dienone is 1. The van der Waals surface area contributed by atoms with E-state index in [2.05, 4.69) is 6.92 Å². The molecule has 0 rings (SSSR count). The Labute approximate surface area is 58.8 Å². The monoisotopic (exact) mass is 147 g/mol. The van der Waals surface area contributed by atoms with Crippen LogP contribution in [0.15, 0.2) is 6.08 Å². The van der Waals surface area contributed by atoms with Gasteiger partial charge in [0.05, 0.1) is 0 Å². The van der Waals surface area contributed by atoms with Crippen LogP contribution in [0.5, 0.6) is 0 Å². The summed E-state index contributed by atoms with van der Waals surface area (Å²) in [5, 5.41) is 0. The van der Waals surface area contributed by atoms with Gasteiger partial charge in [-0.15, -0.1) is 0 Å². The Morgan fingerprint density at radius 1 is 1.57 bits per heavy atom. The summed E-state index contributed by atoms with van der Waals surface area (Å²) in [6.07, 6.45) is 5.25. The van der Waals surface area contributed by atoms with Crippen molar-refractivity contribution in [2.45, 2.75) is 26.2 Å². The fourth-order valence-electron chi connectivity index (χ4n) is 0.322. The van der Waals surface area contributed by atoms with Gasteiger partial charge in [-0.2, -0.15) is 0 Å². The first-order chi connectivity index (χ1) is 2.91. The van der Waals surface area contributed by atoms with Crippen LogP contribution in [0.3, 0.4) is 0 Å². The van der Waals surface area contributed by atoms with Crippen LogP contribution in [-0.4, -0.2) is 0 Å². The Morgan fingerprint density at radius 2 is 2.14 bits per heavy atom. The molecule has 7 heavy (non-hydrogen) atoms. The molecule has 0 atom stereocenters. The van der Waals surface area contributed by atoms with Gasteiger partial charge >= 0.3 is 0 Å². The number of hydrogen-bond donors (Lipinski definition) is 0. The van der Waals surface area contributed by atoms with Gasteiger partial charge in [0.2, 0.25) is 0 Å². The SMILES string of the molecule is [CH-]=CCCCC.[Zn]. The van der Waals surface area contributed by atoms with Gasteiger partial charge < -0.3 is 6.58 Å². The van der Waals surface area contributed by atoms with Gasteiger partial charge in [-0.05, 0) is 0 Å². The molecule has 0 aliphatic carbocycles. The van der Waals surface area contributed by atoms with Crippen LogP contribution in [0, 0.1) is 6.58 Å². The summed E-state index contributed by atoms with van der Waals surface area (Å²) in [6.45, 7) is 7.25. The molecule has 0 radical (unpaired) electrons. The molecule has 0 saturated carbocycles. The van der Waals surface area contributed by atoms with E-state index in [0.29, 0.717) is 0 Å². The third-order valence-corrected chi connectivity index (χ3v) is 0.724. The summed E-state index contributed by atoms with van der Waals surface area (Å²) < 4.78 is 0. The van der Waals surface area contributed by atoms with Gasteiger partial charge in [0.25, 0.3) is 0 Å². The molecule has 0 bridgehead atoms. The molecule has 0 aromatic rings. The van der Waals surface area contributed by atoms with Crippen molar-refractivity contribution in [3.63, 3.8) is 0 Å². The summed E-state index contributed by atoms with van der Waals surface area (Å²) >= 11 is 0. The summed E-state index contributed by atoms with van der Waals surface area (Å²) in [5.74, 6) is 0. The zero-order chi connectivity index (χ0) is 4.83. The zero-order valence-electron chi connectivity index (χ0n) is 4.98. The fourth-order valence-corrected chi connectivity index (χ4v) is 0.322. The molecule has 1 heteroatoms. The molecule has 0 aliphatic rings. The molecule has 0 nitrogen and oxygen atoms in total. The molecule has 0 aromatic heterocycles.